The molecule has 0 saturated heterocycles. The van der Waals surface area contributed by atoms with Crippen LogP contribution in [0.2, 0.25) is 0 Å². The Kier molecular flexibility index (Phi) is 2.08. The van der Waals surface area contributed by atoms with Gasteiger partial charge in [0, 0.05) is 23.5 Å². The van der Waals surface area contributed by atoms with E-state index in [9.17, 15) is 0 Å². The maximum atomic E-state index is 5.57. The molecule has 2 N–H and O–H groups in total. The summed E-state index contributed by atoms with van der Waals surface area (Å²) in [7, 11) is 0. The lowest BCUT2D eigenvalue weighted by atomic mass is 10.1. The normalized spacial score (nSPS) is 11.3. The molecule has 4 heteroatoms. The Balaban J connectivity index is 2.42. The van der Waals surface area contributed by atoms with Crippen molar-refractivity contribution < 1.29 is 0 Å². The molecule has 0 amide bonds. The maximum absolute atomic E-state index is 5.57. The van der Waals surface area contributed by atoms with E-state index in [1.807, 2.05) is 23.1 Å². The Labute approximate surface area is 92.7 Å². The number of aromatic nitrogens is 3. The van der Waals surface area contributed by atoms with E-state index >= 15 is 0 Å². The van der Waals surface area contributed by atoms with Crippen LogP contribution in [0.5, 0.6) is 0 Å². The number of nitrogens with two attached hydrogens (primary N) is 1. The van der Waals surface area contributed by atoms with E-state index in [2.05, 4.69) is 28.3 Å². The fraction of sp³-hybridized carbons (Fsp3) is 0.167. The summed E-state index contributed by atoms with van der Waals surface area (Å²) in [5.74, 6) is 0. The summed E-state index contributed by atoms with van der Waals surface area (Å²) in [6, 6.07) is 8.14. The summed E-state index contributed by atoms with van der Waals surface area (Å²) >= 11 is 0. The van der Waals surface area contributed by atoms with Gasteiger partial charge in [0.25, 0.3) is 0 Å². The van der Waals surface area contributed by atoms with E-state index in [1.54, 1.807) is 0 Å². The van der Waals surface area contributed by atoms with Crippen molar-refractivity contribution in [2.75, 3.05) is 6.54 Å². The summed E-state index contributed by atoms with van der Waals surface area (Å²) in [6.07, 6.45) is 3.67. The summed E-state index contributed by atoms with van der Waals surface area (Å²) in [4.78, 5) is 4.42. The lowest BCUT2D eigenvalue weighted by Crippen LogP contribution is -2.10. The first kappa shape index (κ1) is 9.30. The lowest BCUT2D eigenvalue weighted by molar-refractivity contribution is 0.647. The van der Waals surface area contributed by atoms with Crippen LogP contribution in [0.3, 0.4) is 0 Å². The van der Waals surface area contributed by atoms with Crippen LogP contribution in [0.25, 0.3) is 21.8 Å². The Morgan fingerprint density at radius 3 is 2.94 bits per heavy atom. The highest BCUT2D eigenvalue weighted by atomic mass is 15.3. The third-order valence-electron chi connectivity index (χ3n) is 2.71. The summed E-state index contributed by atoms with van der Waals surface area (Å²) < 4.78 is 1.92. The molecule has 0 unspecified atom stereocenters. The van der Waals surface area contributed by atoms with Crippen LogP contribution < -0.4 is 5.73 Å². The van der Waals surface area contributed by atoms with Crippen molar-refractivity contribution in [3.05, 3.63) is 36.7 Å². The van der Waals surface area contributed by atoms with Crippen LogP contribution in [0.4, 0.5) is 0 Å². The number of nitrogens with zero attached hydrogens (tertiary/aromatic N) is 3. The molecule has 0 bridgehead atoms. The van der Waals surface area contributed by atoms with Gasteiger partial charge in [-0.05, 0) is 6.07 Å². The van der Waals surface area contributed by atoms with Gasteiger partial charge >= 0.3 is 0 Å². The molecule has 0 saturated carbocycles. The second kappa shape index (κ2) is 3.57. The van der Waals surface area contributed by atoms with Crippen LogP contribution in [-0.4, -0.2) is 21.3 Å². The van der Waals surface area contributed by atoms with Gasteiger partial charge in [0.15, 0.2) is 0 Å². The van der Waals surface area contributed by atoms with Crippen molar-refractivity contribution in [2.45, 2.75) is 6.54 Å². The minimum Gasteiger partial charge on any atom is -0.329 e. The number of hydrogen-bond donors (Lipinski definition) is 1. The van der Waals surface area contributed by atoms with E-state index < -0.39 is 0 Å². The van der Waals surface area contributed by atoms with E-state index in [0.717, 1.165) is 28.4 Å². The van der Waals surface area contributed by atoms with Gasteiger partial charge in [0.05, 0.1) is 23.8 Å². The van der Waals surface area contributed by atoms with E-state index in [-0.39, 0.29) is 0 Å². The summed E-state index contributed by atoms with van der Waals surface area (Å²) in [6.45, 7) is 1.30. The molecule has 2 aromatic heterocycles. The number of fused-ring (bicyclic) bond motifs is 3. The zero-order chi connectivity index (χ0) is 11.0. The van der Waals surface area contributed by atoms with Crippen molar-refractivity contribution in [3.8, 4) is 0 Å². The molecule has 0 radical (unpaired) electrons. The maximum Gasteiger partial charge on any atom is 0.0961 e. The molecule has 0 aliphatic rings. The SMILES string of the molecule is NCCn1ncc2ccc3cccnc3c21. The highest BCUT2D eigenvalue weighted by Gasteiger charge is 2.06. The molecule has 16 heavy (non-hydrogen) atoms. The largest absolute Gasteiger partial charge is 0.329 e. The topological polar surface area (TPSA) is 56.7 Å². The van der Waals surface area contributed by atoms with Crippen LogP contribution in [0.1, 0.15) is 0 Å². The van der Waals surface area contributed by atoms with Gasteiger partial charge in [0.2, 0.25) is 0 Å². The number of benzene rings is 1. The number of pyridine rings is 1. The first-order valence-corrected chi connectivity index (χ1v) is 5.29. The molecule has 4 nitrogen and oxygen atoms in total. The Morgan fingerprint density at radius 1 is 1.19 bits per heavy atom. The van der Waals surface area contributed by atoms with Gasteiger partial charge in [-0.3, -0.25) is 9.67 Å². The summed E-state index contributed by atoms with van der Waals surface area (Å²) in [5, 5.41) is 6.58. The zero-order valence-corrected chi connectivity index (χ0v) is 8.80. The molecule has 2 heterocycles. The van der Waals surface area contributed by atoms with Crippen molar-refractivity contribution in [1.29, 1.82) is 0 Å². The minimum atomic E-state index is 0.583. The highest BCUT2D eigenvalue weighted by molar-refractivity contribution is 6.02. The lowest BCUT2D eigenvalue weighted by Gasteiger charge is -2.03. The molecule has 3 rings (SSSR count). The first-order valence-electron chi connectivity index (χ1n) is 5.29. The van der Waals surface area contributed by atoms with Gasteiger partial charge in [-0.1, -0.05) is 18.2 Å². The van der Waals surface area contributed by atoms with Crippen molar-refractivity contribution in [1.82, 2.24) is 14.8 Å². The Morgan fingerprint density at radius 2 is 2.06 bits per heavy atom. The average molecular weight is 212 g/mol. The molecular formula is C12H12N4. The van der Waals surface area contributed by atoms with Gasteiger partial charge in [-0.25, -0.2) is 0 Å². The first-order chi connectivity index (χ1) is 7.90. The second-order valence-corrected chi connectivity index (χ2v) is 3.73. The van der Waals surface area contributed by atoms with Crippen LogP contribution in [0.15, 0.2) is 36.7 Å². The average Bonchev–Trinajstić information content (AvgIpc) is 2.73. The number of rotatable bonds is 2. The van der Waals surface area contributed by atoms with Crippen LogP contribution in [0, 0.1) is 0 Å². The fourth-order valence-corrected chi connectivity index (χ4v) is 2.00. The molecule has 80 valence electrons. The third kappa shape index (κ3) is 1.27. The van der Waals surface area contributed by atoms with Gasteiger partial charge in [0.1, 0.15) is 0 Å². The molecule has 0 aliphatic carbocycles. The van der Waals surface area contributed by atoms with Crippen LogP contribution >= 0.6 is 0 Å². The Hall–Kier alpha value is -1.94. The van der Waals surface area contributed by atoms with E-state index in [4.69, 9.17) is 5.73 Å². The molecule has 0 spiro atoms. The quantitative estimate of drug-likeness (QED) is 0.701. The monoisotopic (exact) mass is 212 g/mol. The summed E-state index contributed by atoms with van der Waals surface area (Å²) in [5.41, 5.74) is 7.64. The van der Waals surface area contributed by atoms with Crippen molar-refractivity contribution >= 4 is 21.8 Å². The predicted molar refractivity (Wildman–Crippen MR) is 64.1 cm³/mol. The second-order valence-electron chi connectivity index (χ2n) is 3.73. The third-order valence-corrected chi connectivity index (χ3v) is 2.71. The molecule has 0 atom stereocenters. The molecule has 0 fully saturated rings. The minimum absolute atomic E-state index is 0.583. The molecular weight excluding hydrogens is 200 g/mol. The predicted octanol–water partition coefficient (Wildman–Crippen LogP) is 1.54. The van der Waals surface area contributed by atoms with E-state index in [0.29, 0.717) is 6.54 Å². The van der Waals surface area contributed by atoms with Crippen molar-refractivity contribution in [2.24, 2.45) is 5.73 Å². The van der Waals surface area contributed by atoms with Gasteiger partial charge < -0.3 is 5.73 Å². The smallest absolute Gasteiger partial charge is 0.0961 e. The Bertz CT molecular complexity index is 642. The molecule has 1 aromatic carbocycles. The highest BCUT2D eigenvalue weighted by Crippen LogP contribution is 2.22. The fourth-order valence-electron chi connectivity index (χ4n) is 2.00. The standard InChI is InChI=1S/C12H12N4/c13-5-7-16-12-10(8-15-16)4-3-9-2-1-6-14-11(9)12/h1-4,6,8H,5,7,13H2. The molecule has 0 aliphatic heterocycles. The van der Waals surface area contributed by atoms with Gasteiger partial charge in [-0.15, -0.1) is 0 Å². The van der Waals surface area contributed by atoms with Crippen LogP contribution in [-0.2, 0) is 6.54 Å². The zero-order valence-electron chi connectivity index (χ0n) is 8.80. The van der Waals surface area contributed by atoms with Gasteiger partial charge in [-0.2, -0.15) is 5.10 Å². The molecule has 3 aromatic rings. The number of hydrogen-bond acceptors (Lipinski definition) is 3. The van der Waals surface area contributed by atoms with E-state index in [1.165, 1.54) is 0 Å². The van der Waals surface area contributed by atoms with Crippen molar-refractivity contribution in [3.63, 3.8) is 0 Å².